The summed E-state index contributed by atoms with van der Waals surface area (Å²) in [6.07, 6.45) is 3.79. The van der Waals surface area contributed by atoms with Crippen molar-refractivity contribution < 1.29 is 9.47 Å². The zero-order valence-corrected chi connectivity index (χ0v) is 9.61. The minimum Gasteiger partial charge on any atom is -0.477 e. The lowest BCUT2D eigenvalue weighted by Gasteiger charge is -2.22. The summed E-state index contributed by atoms with van der Waals surface area (Å²) in [7, 11) is 0. The molecule has 0 saturated carbocycles. The molecule has 0 radical (unpaired) electrons. The maximum absolute atomic E-state index is 5.71. The summed E-state index contributed by atoms with van der Waals surface area (Å²) in [4.78, 5) is 4.18. The first-order valence-corrected chi connectivity index (χ1v) is 5.68. The second-order valence-corrected chi connectivity index (χ2v) is 4.26. The van der Waals surface area contributed by atoms with E-state index in [9.17, 15) is 0 Å². The van der Waals surface area contributed by atoms with Crippen LogP contribution in [0.25, 0.3) is 0 Å². The number of hydrogen-bond acceptors (Lipinski definition) is 4. The molecule has 1 fully saturated rings. The molecule has 2 heterocycles. The van der Waals surface area contributed by atoms with E-state index in [2.05, 4.69) is 4.98 Å². The predicted octanol–water partition coefficient (Wildman–Crippen LogP) is 1.78. The van der Waals surface area contributed by atoms with E-state index in [4.69, 9.17) is 15.2 Å². The minimum atomic E-state index is 0.590. The highest BCUT2D eigenvalue weighted by Gasteiger charge is 2.15. The highest BCUT2D eigenvalue weighted by atomic mass is 16.5. The van der Waals surface area contributed by atoms with Crippen LogP contribution in [0.3, 0.4) is 0 Å². The van der Waals surface area contributed by atoms with Gasteiger partial charge in [0.05, 0.1) is 18.5 Å². The third-order valence-electron chi connectivity index (χ3n) is 2.85. The molecule has 1 aliphatic heterocycles. The second-order valence-electron chi connectivity index (χ2n) is 4.26. The van der Waals surface area contributed by atoms with E-state index in [1.165, 1.54) is 0 Å². The molecule has 1 aromatic rings. The van der Waals surface area contributed by atoms with Crippen molar-refractivity contribution in [3.05, 3.63) is 17.8 Å². The molecule has 2 rings (SSSR count). The van der Waals surface area contributed by atoms with Crippen molar-refractivity contribution >= 4 is 5.69 Å². The minimum absolute atomic E-state index is 0.590. The molecule has 16 heavy (non-hydrogen) atoms. The standard InChI is InChI=1S/C12H18N2O2/c1-9-6-11(13)7-14-12(9)16-8-10-2-4-15-5-3-10/h6-7,10H,2-5,8,13H2,1H3. The third-order valence-corrected chi connectivity index (χ3v) is 2.85. The van der Waals surface area contributed by atoms with Crippen LogP contribution in [-0.2, 0) is 4.74 Å². The summed E-state index contributed by atoms with van der Waals surface area (Å²) in [5.41, 5.74) is 7.30. The first kappa shape index (κ1) is 11.2. The number of pyridine rings is 1. The molecule has 0 bridgehead atoms. The van der Waals surface area contributed by atoms with Crippen LogP contribution < -0.4 is 10.5 Å². The molecule has 1 saturated heterocycles. The van der Waals surface area contributed by atoms with Gasteiger partial charge in [-0.05, 0) is 31.7 Å². The van der Waals surface area contributed by atoms with Gasteiger partial charge in [0, 0.05) is 18.8 Å². The smallest absolute Gasteiger partial charge is 0.216 e. The molecule has 0 aliphatic carbocycles. The third kappa shape index (κ3) is 2.85. The Balaban J connectivity index is 1.88. The van der Waals surface area contributed by atoms with Gasteiger partial charge in [-0.1, -0.05) is 0 Å². The number of nitrogens with zero attached hydrogens (tertiary/aromatic N) is 1. The predicted molar refractivity (Wildman–Crippen MR) is 62.4 cm³/mol. The van der Waals surface area contributed by atoms with Crippen molar-refractivity contribution in [3.63, 3.8) is 0 Å². The first-order valence-electron chi connectivity index (χ1n) is 5.68. The highest BCUT2D eigenvalue weighted by molar-refractivity contribution is 5.41. The van der Waals surface area contributed by atoms with E-state index in [1.807, 2.05) is 13.0 Å². The quantitative estimate of drug-likeness (QED) is 0.847. The molecular formula is C12H18N2O2. The number of hydrogen-bond donors (Lipinski definition) is 1. The van der Waals surface area contributed by atoms with Gasteiger partial charge in [-0.2, -0.15) is 0 Å². The van der Waals surface area contributed by atoms with Gasteiger partial charge < -0.3 is 15.2 Å². The Morgan fingerprint density at radius 1 is 1.50 bits per heavy atom. The van der Waals surface area contributed by atoms with Crippen molar-refractivity contribution in [1.29, 1.82) is 0 Å². The van der Waals surface area contributed by atoms with E-state index in [0.717, 1.165) is 38.2 Å². The number of anilines is 1. The fraction of sp³-hybridized carbons (Fsp3) is 0.583. The summed E-state index contributed by atoms with van der Waals surface area (Å²) < 4.78 is 11.0. The van der Waals surface area contributed by atoms with Crippen molar-refractivity contribution in [2.75, 3.05) is 25.6 Å². The summed E-state index contributed by atoms with van der Waals surface area (Å²) in [6, 6.07) is 1.88. The Morgan fingerprint density at radius 3 is 2.94 bits per heavy atom. The Bertz CT molecular complexity index is 349. The Morgan fingerprint density at radius 2 is 2.25 bits per heavy atom. The Kier molecular flexibility index (Phi) is 3.62. The zero-order valence-electron chi connectivity index (χ0n) is 9.61. The van der Waals surface area contributed by atoms with Gasteiger partial charge in [-0.15, -0.1) is 0 Å². The molecule has 0 amide bonds. The molecule has 0 unspecified atom stereocenters. The maximum Gasteiger partial charge on any atom is 0.216 e. The monoisotopic (exact) mass is 222 g/mol. The van der Waals surface area contributed by atoms with Crippen LogP contribution in [0.15, 0.2) is 12.3 Å². The van der Waals surface area contributed by atoms with Crippen LogP contribution >= 0.6 is 0 Å². The van der Waals surface area contributed by atoms with Gasteiger partial charge in [0.25, 0.3) is 0 Å². The Hall–Kier alpha value is -1.29. The highest BCUT2D eigenvalue weighted by Crippen LogP contribution is 2.20. The average molecular weight is 222 g/mol. The SMILES string of the molecule is Cc1cc(N)cnc1OCC1CCOCC1. The second kappa shape index (κ2) is 5.16. The molecule has 88 valence electrons. The van der Waals surface area contributed by atoms with Gasteiger partial charge >= 0.3 is 0 Å². The molecule has 1 aliphatic rings. The largest absolute Gasteiger partial charge is 0.477 e. The molecule has 1 aromatic heterocycles. The molecule has 4 nitrogen and oxygen atoms in total. The number of rotatable bonds is 3. The number of nitrogen functional groups attached to an aromatic ring is 1. The van der Waals surface area contributed by atoms with E-state index >= 15 is 0 Å². The molecule has 4 heteroatoms. The number of aromatic nitrogens is 1. The maximum atomic E-state index is 5.71. The fourth-order valence-electron chi connectivity index (χ4n) is 1.84. The molecule has 2 N–H and O–H groups in total. The van der Waals surface area contributed by atoms with E-state index < -0.39 is 0 Å². The van der Waals surface area contributed by atoms with Gasteiger partial charge in [0.15, 0.2) is 0 Å². The molecular weight excluding hydrogens is 204 g/mol. The Labute approximate surface area is 95.8 Å². The zero-order chi connectivity index (χ0) is 11.4. The normalized spacial score (nSPS) is 17.3. The number of nitrogens with two attached hydrogens (primary N) is 1. The van der Waals surface area contributed by atoms with Gasteiger partial charge in [0.2, 0.25) is 5.88 Å². The average Bonchev–Trinajstić information content (AvgIpc) is 2.29. The topological polar surface area (TPSA) is 57.4 Å². The van der Waals surface area contributed by atoms with Crippen LogP contribution in [0, 0.1) is 12.8 Å². The summed E-state index contributed by atoms with van der Waals surface area (Å²) >= 11 is 0. The molecule has 0 atom stereocenters. The lowest BCUT2D eigenvalue weighted by Crippen LogP contribution is -2.21. The lowest BCUT2D eigenvalue weighted by atomic mass is 10.0. The van der Waals surface area contributed by atoms with Gasteiger partial charge in [0.1, 0.15) is 0 Å². The number of aryl methyl sites for hydroxylation is 1. The fourth-order valence-corrected chi connectivity index (χ4v) is 1.84. The first-order chi connectivity index (χ1) is 7.75. The van der Waals surface area contributed by atoms with E-state index in [1.54, 1.807) is 6.20 Å². The van der Waals surface area contributed by atoms with Crippen molar-refractivity contribution in [3.8, 4) is 5.88 Å². The van der Waals surface area contributed by atoms with Crippen molar-refractivity contribution in [2.24, 2.45) is 5.92 Å². The van der Waals surface area contributed by atoms with E-state index in [0.29, 0.717) is 17.5 Å². The lowest BCUT2D eigenvalue weighted by molar-refractivity contribution is 0.0489. The van der Waals surface area contributed by atoms with Gasteiger partial charge in [-0.25, -0.2) is 4.98 Å². The number of ether oxygens (including phenoxy) is 2. The van der Waals surface area contributed by atoms with Crippen LogP contribution in [0.5, 0.6) is 5.88 Å². The summed E-state index contributed by atoms with van der Waals surface area (Å²) in [6.45, 7) is 4.38. The van der Waals surface area contributed by atoms with Crippen molar-refractivity contribution in [2.45, 2.75) is 19.8 Å². The summed E-state index contributed by atoms with van der Waals surface area (Å²) in [5.74, 6) is 1.29. The molecule has 0 spiro atoms. The van der Waals surface area contributed by atoms with Crippen LogP contribution in [0.2, 0.25) is 0 Å². The van der Waals surface area contributed by atoms with Gasteiger partial charge in [-0.3, -0.25) is 0 Å². The van der Waals surface area contributed by atoms with Crippen LogP contribution in [0.4, 0.5) is 5.69 Å². The molecule has 0 aromatic carbocycles. The summed E-state index contributed by atoms with van der Waals surface area (Å²) in [5, 5.41) is 0. The van der Waals surface area contributed by atoms with Crippen LogP contribution in [-0.4, -0.2) is 24.8 Å². The van der Waals surface area contributed by atoms with E-state index in [-0.39, 0.29) is 0 Å². The van der Waals surface area contributed by atoms with Crippen LogP contribution in [0.1, 0.15) is 18.4 Å². The van der Waals surface area contributed by atoms with Crippen molar-refractivity contribution in [1.82, 2.24) is 4.98 Å².